The molecule has 5 nitrogen and oxygen atoms in total. The van der Waals surface area contributed by atoms with Crippen molar-refractivity contribution in [3.63, 3.8) is 0 Å². The monoisotopic (exact) mass is 215 g/mol. The maximum atomic E-state index is 4.45. The Hall–Kier alpha value is -1.91. The van der Waals surface area contributed by atoms with E-state index in [1.165, 1.54) is 5.57 Å². The number of hydrogen-bond donors (Lipinski definition) is 0. The predicted octanol–water partition coefficient (Wildman–Crippen LogP) is 1.28. The van der Waals surface area contributed by atoms with E-state index in [1.807, 2.05) is 12.1 Å². The molecule has 0 spiro atoms. The molecule has 3 rings (SSSR count). The fraction of sp³-hybridized carbons (Fsp3) is 0.364. The van der Waals surface area contributed by atoms with E-state index in [0.717, 1.165) is 24.3 Å². The molecule has 1 saturated carbocycles. The Labute approximate surface area is 93.4 Å². The van der Waals surface area contributed by atoms with Crippen molar-refractivity contribution in [1.82, 2.24) is 19.8 Å². The van der Waals surface area contributed by atoms with Crippen molar-refractivity contribution in [2.75, 3.05) is 11.9 Å². The molecule has 0 saturated heterocycles. The molecule has 0 N–H and O–H groups in total. The van der Waals surface area contributed by atoms with E-state index in [-0.39, 0.29) is 0 Å². The van der Waals surface area contributed by atoms with Crippen molar-refractivity contribution >= 4 is 11.5 Å². The van der Waals surface area contributed by atoms with E-state index < -0.39 is 0 Å². The van der Waals surface area contributed by atoms with Crippen LogP contribution < -0.4 is 4.90 Å². The first kappa shape index (κ1) is 9.33. The lowest BCUT2D eigenvalue weighted by molar-refractivity contribution is 0.511. The van der Waals surface area contributed by atoms with Crippen LogP contribution in [0.25, 0.3) is 5.65 Å². The van der Waals surface area contributed by atoms with Gasteiger partial charge in [-0.3, -0.25) is 0 Å². The van der Waals surface area contributed by atoms with Crippen LogP contribution in [0, 0.1) is 0 Å². The van der Waals surface area contributed by atoms with Crippen LogP contribution in [0.1, 0.15) is 12.8 Å². The van der Waals surface area contributed by atoms with Crippen molar-refractivity contribution in [2.45, 2.75) is 18.9 Å². The Morgan fingerprint density at radius 1 is 1.44 bits per heavy atom. The molecule has 16 heavy (non-hydrogen) atoms. The minimum atomic E-state index is 0.536. The average Bonchev–Trinajstić information content (AvgIpc) is 2.70. The minimum absolute atomic E-state index is 0.536. The van der Waals surface area contributed by atoms with Gasteiger partial charge in [-0.2, -0.15) is 4.52 Å². The van der Waals surface area contributed by atoms with Crippen molar-refractivity contribution in [3.05, 3.63) is 30.6 Å². The van der Waals surface area contributed by atoms with Crippen LogP contribution in [0.4, 0.5) is 5.82 Å². The van der Waals surface area contributed by atoms with Crippen molar-refractivity contribution in [2.24, 2.45) is 0 Å². The van der Waals surface area contributed by atoms with Crippen LogP contribution in [0.3, 0.4) is 0 Å². The lowest BCUT2D eigenvalue weighted by atomic mass is 9.87. The van der Waals surface area contributed by atoms with Gasteiger partial charge in [0.1, 0.15) is 12.1 Å². The maximum absolute atomic E-state index is 4.45. The first-order chi connectivity index (χ1) is 7.74. The molecule has 0 aromatic carbocycles. The summed E-state index contributed by atoms with van der Waals surface area (Å²) in [6, 6.07) is 4.44. The fourth-order valence-electron chi connectivity index (χ4n) is 1.97. The molecule has 82 valence electrons. The summed E-state index contributed by atoms with van der Waals surface area (Å²) < 4.78 is 1.69. The summed E-state index contributed by atoms with van der Waals surface area (Å²) in [4.78, 5) is 2.19. The first-order valence-electron chi connectivity index (χ1n) is 5.30. The molecule has 0 radical (unpaired) electrons. The Kier molecular flexibility index (Phi) is 1.92. The third-order valence-corrected chi connectivity index (χ3v) is 3.11. The Balaban J connectivity index is 1.90. The lowest BCUT2D eigenvalue weighted by Gasteiger charge is -2.37. The number of fused-ring (bicyclic) bond motifs is 1. The Morgan fingerprint density at radius 3 is 3.00 bits per heavy atom. The van der Waals surface area contributed by atoms with Gasteiger partial charge in [0.2, 0.25) is 0 Å². The third kappa shape index (κ3) is 1.36. The summed E-state index contributed by atoms with van der Waals surface area (Å²) in [6.07, 6.45) is 3.75. The molecule has 0 aliphatic heterocycles. The molecule has 0 atom stereocenters. The highest BCUT2D eigenvalue weighted by Gasteiger charge is 2.26. The molecule has 1 aliphatic rings. The van der Waals surface area contributed by atoms with Gasteiger partial charge in [0.15, 0.2) is 5.65 Å². The second kappa shape index (κ2) is 3.30. The van der Waals surface area contributed by atoms with Gasteiger partial charge in [-0.1, -0.05) is 12.2 Å². The van der Waals surface area contributed by atoms with E-state index in [9.17, 15) is 0 Å². The molecule has 0 unspecified atom stereocenters. The molecule has 5 heteroatoms. The SMILES string of the molecule is C=C1CC(N(C)c2ccc3nncn3n2)C1. The average molecular weight is 215 g/mol. The number of anilines is 1. The van der Waals surface area contributed by atoms with Crippen LogP contribution in [0.2, 0.25) is 0 Å². The lowest BCUT2D eigenvalue weighted by Crippen LogP contribution is -2.39. The molecular formula is C11H13N5. The second-order valence-electron chi connectivity index (χ2n) is 4.25. The van der Waals surface area contributed by atoms with Crippen molar-refractivity contribution < 1.29 is 0 Å². The minimum Gasteiger partial charge on any atom is -0.355 e. The summed E-state index contributed by atoms with van der Waals surface area (Å²) in [6.45, 7) is 3.96. The van der Waals surface area contributed by atoms with E-state index >= 15 is 0 Å². The van der Waals surface area contributed by atoms with Gasteiger partial charge in [-0.05, 0) is 25.0 Å². The summed E-state index contributed by atoms with van der Waals surface area (Å²) in [5, 5.41) is 12.2. The number of hydrogen-bond acceptors (Lipinski definition) is 4. The van der Waals surface area contributed by atoms with E-state index in [4.69, 9.17) is 0 Å². The van der Waals surface area contributed by atoms with E-state index in [0.29, 0.717) is 6.04 Å². The highest BCUT2D eigenvalue weighted by Crippen LogP contribution is 2.30. The van der Waals surface area contributed by atoms with E-state index in [2.05, 4.69) is 33.8 Å². The second-order valence-corrected chi connectivity index (χ2v) is 4.25. The van der Waals surface area contributed by atoms with Gasteiger partial charge in [-0.25, -0.2) is 0 Å². The van der Waals surface area contributed by atoms with Crippen molar-refractivity contribution in [1.29, 1.82) is 0 Å². The van der Waals surface area contributed by atoms with Crippen LogP contribution in [0.5, 0.6) is 0 Å². The standard InChI is InChI=1S/C11H13N5/c1-8-5-9(6-8)15(2)11-4-3-10-13-12-7-16(10)14-11/h3-4,7,9H,1,5-6H2,2H3. The maximum Gasteiger partial charge on any atom is 0.177 e. The molecule has 0 bridgehead atoms. The highest BCUT2D eigenvalue weighted by atomic mass is 15.4. The van der Waals surface area contributed by atoms with Gasteiger partial charge in [0.05, 0.1) is 0 Å². The van der Waals surface area contributed by atoms with Crippen LogP contribution in [-0.4, -0.2) is 32.9 Å². The van der Waals surface area contributed by atoms with Gasteiger partial charge >= 0.3 is 0 Å². The zero-order valence-electron chi connectivity index (χ0n) is 9.17. The topological polar surface area (TPSA) is 46.3 Å². The largest absolute Gasteiger partial charge is 0.355 e. The Morgan fingerprint density at radius 2 is 2.25 bits per heavy atom. The fourth-order valence-corrected chi connectivity index (χ4v) is 1.97. The smallest absolute Gasteiger partial charge is 0.177 e. The summed E-state index contributed by atoms with van der Waals surface area (Å²) >= 11 is 0. The third-order valence-electron chi connectivity index (χ3n) is 3.11. The van der Waals surface area contributed by atoms with Gasteiger partial charge < -0.3 is 4.90 Å². The number of rotatable bonds is 2. The zero-order valence-corrected chi connectivity index (χ0v) is 9.17. The first-order valence-corrected chi connectivity index (χ1v) is 5.30. The highest BCUT2D eigenvalue weighted by molar-refractivity contribution is 5.46. The van der Waals surface area contributed by atoms with Crippen LogP contribution in [-0.2, 0) is 0 Å². The molecule has 2 aromatic heterocycles. The zero-order chi connectivity index (χ0) is 11.1. The summed E-state index contributed by atoms with van der Waals surface area (Å²) in [5.74, 6) is 0.949. The molecule has 2 aromatic rings. The van der Waals surface area contributed by atoms with Crippen LogP contribution in [0.15, 0.2) is 30.6 Å². The van der Waals surface area contributed by atoms with Gasteiger partial charge in [0.25, 0.3) is 0 Å². The molecule has 2 heterocycles. The molecule has 0 amide bonds. The summed E-state index contributed by atoms with van der Waals surface area (Å²) in [7, 11) is 2.07. The molecular weight excluding hydrogens is 202 g/mol. The quantitative estimate of drug-likeness (QED) is 0.708. The van der Waals surface area contributed by atoms with E-state index in [1.54, 1.807) is 10.8 Å². The Bertz CT molecular complexity index is 536. The normalized spacial score (nSPS) is 16.4. The van der Waals surface area contributed by atoms with Gasteiger partial charge in [-0.15, -0.1) is 15.3 Å². The number of nitrogens with zero attached hydrogens (tertiary/aromatic N) is 5. The molecule has 1 aliphatic carbocycles. The predicted molar refractivity (Wildman–Crippen MR) is 61.3 cm³/mol. The molecule has 1 fully saturated rings. The van der Waals surface area contributed by atoms with Crippen LogP contribution >= 0.6 is 0 Å². The van der Waals surface area contributed by atoms with Crippen molar-refractivity contribution in [3.8, 4) is 0 Å². The summed E-state index contributed by atoms with van der Waals surface area (Å²) in [5.41, 5.74) is 2.09. The number of aromatic nitrogens is 4. The van der Waals surface area contributed by atoms with Gasteiger partial charge in [0, 0.05) is 13.1 Å².